The molecule has 6 nitrogen and oxygen atoms in total. The molecule has 0 saturated heterocycles. The Bertz CT molecular complexity index is 681. The maximum atomic E-state index is 13.7. The molecule has 0 atom stereocenters. The Hall–Kier alpha value is -2.70. The zero-order valence-corrected chi connectivity index (χ0v) is 11.2. The number of benzene rings is 1. The van der Waals surface area contributed by atoms with Crippen LogP contribution < -0.4 is 0 Å². The molecule has 1 aromatic carbocycles. The average molecular weight is 292 g/mol. The van der Waals surface area contributed by atoms with Gasteiger partial charge in [-0.1, -0.05) is 0 Å². The van der Waals surface area contributed by atoms with E-state index >= 15 is 0 Å². The zero-order valence-electron chi connectivity index (χ0n) is 11.2. The van der Waals surface area contributed by atoms with E-state index < -0.39 is 17.8 Å². The fourth-order valence-corrected chi connectivity index (χ4v) is 1.77. The Kier molecular flexibility index (Phi) is 4.32. The third-order valence-electron chi connectivity index (χ3n) is 2.77. The number of aromatic nitrogens is 2. The van der Waals surface area contributed by atoms with Gasteiger partial charge in [-0.15, -0.1) is 0 Å². The number of hydrogen-bond donors (Lipinski definition) is 1. The van der Waals surface area contributed by atoms with Gasteiger partial charge in [-0.25, -0.2) is 14.0 Å². The second-order valence-corrected chi connectivity index (χ2v) is 4.26. The molecule has 7 heteroatoms. The normalized spacial score (nSPS) is 10.4. The van der Waals surface area contributed by atoms with Gasteiger partial charge in [0.25, 0.3) is 0 Å². The minimum Gasteiger partial charge on any atom is -0.478 e. The molecule has 1 N–H and O–H groups in total. The van der Waals surface area contributed by atoms with E-state index in [1.807, 2.05) is 0 Å². The number of hydrogen-bond acceptors (Lipinski definition) is 4. The van der Waals surface area contributed by atoms with Crippen molar-refractivity contribution >= 4 is 11.9 Å². The van der Waals surface area contributed by atoms with Crippen LogP contribution in [0, 0.1) is 5.82 Å². The molecule has 0 fully saturated rings. The summed E-state index contributed by atoms with van der Waals surface area (Å²) in [6.45, 7) is 1.96. The summed E-state index contributed by atoms with van der Waals surface area (Å²) in [5, 5.41) is 12.8. The molecule has 0 spiro atoms. The number of halogens is 1. The number of rotatable bonds is 5. The standard InChI is InChI=1S/C14H13FN2O4/c1-2-21-14(20)11-6-16-17(8-11)7-10-5-9(13(18)19)3-4-12(10)15/h3-6,8H,2,7H2,1H3,(H,18,19). The summed E-state index contributed by atoms with van der Waals surface area (Å²) in [4.78, 5) is 22.4. The van der Waals surface area contributed by atoms with Crippen molar-refractivity contribution in [1.29, 1.82) is 0 Å². The summed E-state index contributed by atoms with van der Waals surface area (Å²) >= 11 is 0. The summed E-state index contributed by atoms with van der Waals surface area (Å²) in [5.74, 6) is -2.18. The Morgan fingerprint density at radius 3 is 2.81 bits per heavy atom. The number of nitrogens with zero attached hydrogens (tertiary/aromatic N) is 2. The summed E-state index contributed by atoms with van der Waals surface area (Å²) in [5.41, 5.74) is 0.421. The summed E-state index contributed by atoms with van der Waals surface area (Å²) in [7, 11) is 0. The van der Waals surface area contributed by atoms with Crippen LogP contribution in [0.25, 0.3) is 0 Å². The highest BCUT2D eigenvalue weighted by molar-refractivity contribution is 5.89. The fourth-order valence-electron chi connectivity index (χ4n) is 1.77. The molecular weight excluding hydrogens is 279 g/mol. The van der Waals surface area contributed by atoms with E-state index in [1.54, 1.807) is 6.92 Å². The Morgan fingerprint density at radius 2 is 2.14 bits per heavy atom. The predicted octanol–water partition coefficient (Wildman–Crippen LogP) is 1.95. The van der Waals surface area contributed by atoms with Gasteiger partial charge >= 0.3 is 11.9 Å². The molecule has 2 rings (SSSR count). The van der Waals surface area contributed by atoms with E-state index in [2.05, 4.69) is 5.10 Å². The van der Waals surface area contributed by atoms with Crippen molar-refractivity contribution in [3.8, 4) is 0 Å². The van der Waals surface area contributed by atoms with Crippen LogP contribution in [0.3, 0.4) is 0 Å². The van der Waals surface area contributed by atoms with Crippen LogP contribution in [-0.4, -0.2) is 33.4 Å². The zero-order chi connectivity index (χ0) is 15.4. The van der Waals surface area contributed by atoms with Crippen LogP contribution in [0.1, 0.15) is 33.2 Å². The lowest BCUT2D eigenvalue weighted by molar-refractivity contribution is 0.0525. The molecule has 0 aliphatic rings. The van der Waals surface area contributed by atoms with E-state index in [4.69, 9.17) is 9.84 Å². The number of carbonyl (C=O) groups is 2. The minimum absolute atomic E-state index is 0.0100. The molecule has 2 aromatic rings. The molecule has 0 unspecified atom stereocenters. The first-order valence-corrected chi connectivity index (χ1v) is 6.22. The number of ether oxygens (including phenoxy) is 1. The minimum atomic E-state index is -1.14. The third kappa shape index (κ3) is 3.44. The third-order valence-corrected chi connectivity index (χ3v) is 2.77. The summed E-state index contributed by atoms with van der Waals surface area (Å²) < 4.78 is 19.8. The van der Waals surface area contributed by atoms with Gasteiger partial charge in [-0.3, -0.25) is 4.68 Å². The molecule has 110 valence electrons. The quantitative estimate of drug-likeness (QED) is 0.852. The predicted molar refractivity (Wildman–Crippen MR) is 70.6 cm³/mol. The van der Waals surface area contributed by atoms with E-state index in [0.29, 0.717) is 0 Å². The molecule has 0 aliphatic carbocycles. The average Bonchev–Trinajstić information content (AvgIpc) is 2.90. The number of carbonyl (C=O) groups excluding carboxylic acids is 1. The van der Waals surface area contributed by atoms with Crippen molar-refractivity contribution < 1.29 is 23.8 Å². The van der Waals surface area contributed by atoms with E-state index in [-0.39, 0.29) is 29.8 Å². The highest BCUT2D eigenvalue weighted by Gasteiger charge is 2.12. The van der Waals surface area contributed by atoms with Crippen LogP contribution in [0.15, 0.2) is 30.6 Å². The summed E-state index contributed by atoms with van der Waals surface area (Å²) in [6.07, 6.45) is 2.74. The van der Waals surface area contributed by atoms with Gasteiger partial charge in [0.2, 0.25) is 0 Å². The molecular formula is C14H13FN2O4. The van der Waals surface area contributed by atoms with Gasteiger partial charge in [-0.2, -0.15) is 5.10 Å². The van der Waals surface area contributed by atoms with Crippen LogP contribution in [0.2, 0.25) is 0 Å². The number of carboxylic acids is 1. The van der Waals surface area contributed by atoms with Crippen molar-refractivity contribution in [1.82, 2.24) is 9.78 Å². The SMILES string of the molecule is CCOC(=O)c1cnn(Cc2cc(C(=O)O)ccc2F)c1. The van der Waals surface area contributed by atoms with Crippen molar-refractivity contribution in [2.24, 2.45) is 0 Å². The lowest BCUT2D eigenvalue weighted by Crippen LogP contribution is -2.06. The number of esters is 1. The van der Waals surface area contributed by atoms with Crippen molar-refractivity contribution in [2.75, 3.05) is 6.61 Å². The highest BCUT2D eigenvalue weighted by Crippen LogP contribution is 2.13. The van der Waals surface area contributed by atoms with E-state index in [0.717, 1.165) is 6.07 Å². The van der Waals surface area contributed by atoms with Crippen molar-refractivity contribution in [3.05, 3.63) is 53.1 Å². The number of aromatic carboxylic acids is 1. The van der Waals surface area contributed by atoms with Crippen molar-refractivity contribution in [3.63, 3.8) is 0 Å². The smallest absolute Gasteiger partial charge is 0.341 e. The maximum Gasteiger partial charge on any atom is 0.341 e. The van der Waals surface area contributed by atoms with E-state index in [1.165, 1.54) is 29.2 Å². The van der Waals surface area contributed by atoms with Crippen LogP contribution in [0.4, 0.5) is 4.39 Å². The molecule has 0 amide bonds. The van der Waals surface area contributed by atoms with Crippen molar-refractivity contribution in [2.45, 2.75) is 13.5 Å². The number of carboxylic acid groups (broad SMARTS) is 1. The second kappa shape index (κ2) is 6.17. The molecule has 0 bridgehead atoms. The largest absolute Gasteiger partial charge is 0.478 e. The van der Waals surface area contributed by atoms with Crippen LogP contribution in [-0.2, 0) is 11.3 Å². The first-order chi connectivity index (χ1) is 10.0. The topological polar surface area (TPSA) is 81.4 Å². The Labute approximate surface area is 119 Å². The highest BCUT2D eigenvalue weighted by atomic mass is 19.1. The second-order valence-electron chi connectivity index (χ2n) is 4.26. The van der Waals surface area contributed by atoms with Gasteiger partial charge in [0.1, 0.15) is 5.82 Å². The molecule has 0 aliphatic heterocycles. The lowest BCUT2D eigenvalue weighted by Gasteiger charge is -2.05. The van der Waals surface area contributed by atoms with E-state index in [9.17, 15) is 14.0 Å². The lowest BCUT2D eigenvalue weighted by atomic mass is 10.1. The molecule has 0 saturated carbocycles. The van der Waals surface area contributed by atoms with Crippen LogP contribution >= 0.6 is 0 Å². The van der Waals surface area contributed by atoms with Gasteiger partial charge in [0.05, 0.1) is 30.5 Å². The first kappa shape index (κ1) is 14.7. The van der Waals surface area contributed by atoms with Gasteiger partial charge in [-0.05, 0) is 25.1 Å². The first-order valence-electron chi connectivity index (χ1n) is 6.22. The summed E-state index contributed by atoms with van der Waals surface area (Å²) in [6, 6.07) is 3.52. The molecule has 1 aromatic heterocycles. The molecule has 1 heterocycles. The molecule has 21 heavy (non-hydrogen) atoms. The van der Waals surface area contributed by atoms with Gasteiger partial charge < -0.3 is 9.84 Å². The molecule has 0 radical (unpaired) electrons. The van der Waals surface area contributed by atoms with Gasteiger partial charge in [0.15, 0.2) is 0 Å². The fraction of sp³-hybridized carbons (Fsp3) is 0.214. The van der Waals surface area contributed by atoms with Gasteiger partial charge in [0, 0.05) is 11.8 Å². The maximum absolute atomic E-state index is 13.7. The Morgan fingerprint density at radius 1 is 1.38 bits per heavy atom. The Balaban J connectivity index is 2.20. The monoisotopic (exact) mass is 292 g/mol. The van der Waals surface area contributed by atoms with Crippen LogP contribution in [0.5, 0.6) is 0 Å².